The summed E-state index contributed by atoms with van der Waals surface area (Å²) in [5, 5.41) is 12.2. The number of nitrogens with two attached hydrogens (primary N) is 1. The van der Waals surface area contributed by atoms with Gasteiger partial charge in [-0.1, -0.05) is 12.1 Å². The van der Waals surface area contributed by atoms with Crippen molar-refractivity contribution in [3.63, 3.8) is 0 Å². The zero-order chi connectivity index (χ0) is 25.9. The van der Waals surface area contributed by atoms with E-state index in [0.29, 0.717) is 72.7 Å². The number of anilines is 3. The summed E-state index contributed by atoms with van der Waals surface area (Å²) in [6.45, 7) is 7.19. The van der Waals surface area contributed by atoms with E-state index < -0.39 is 5.91 Å². The van der Waals surface area contributed by atoms with Crippen molar-refractivity contribution in [2.45, 2.75) is 26.4 Å². The first kappa shape index (κ1) is 24.3. The summed E-state index contributed by atoms with van der Waals surface area (Å²) in [7, 11) is 0. The Labute approximate surface area is 212 Å². The van der Waals surface area contributed by atoms with Gasteiger partial charge in [0.05, 0.1) is 13.2 Å². The summed E-state index contributed by atoms with van der Waals surface area (Å²) >= 11 is 0. The lowest BCUT2D eigenvalue weighted by molar-refractivity contribution is 0.0706. The first-order valence-corrected chi connectivity index (χ1v) is 11.9. The van der Waals surface area contributed by atoms with Crippen molar-refractivity contribution < 1.29 is 14.7 Å². The van der Waals surface area contributed by atoms with Crippen LogP contribution in [0.4, 0.5) is 17.8 Å². The molecule has 4 heterocycles. The lowest BCUT2D eigenvalue weighted by atomic mass is 10.1. The summed E-state index contributed by atoms with van der Waals surface area (Å²) in [6, 6.07) is 6.97. The van der Waals surface area contributed by atoms with E-state index in [9.17, 15) is 4.79 Å². The maximum Gasteiger partial charge on any atom is 0.274 e. The number of hydrogen-bond acceptors (Lipinski definition) is 11. The third-order valence-electron chi connectivity index (χ3n) is 6.05. The highest BCUT2D eigenvalue weighted by atomic mass is 16.5. The van der Waals surface area contributed by atoms with Crippen molar-refractivity contribution in [1.82, 2.24) is 35.0 Å². The van der Waals surface area contributed by atoms with Gasteiger partial charge in [-0.25, -0.2) is 25.4 Å². The van der Waals surface area contributed by atoms with E-state index in [4.69, 9.17) is 30.6 Å². The van der Waals surface area contributed by atoms with Crippen molar-refractivity contribution in [3.05, 3.63) is 47.8 Å². The highest BCUT2D eigenvalue weighted by molar-refractivity contribution is 5.93. The third kappa shape index (κ3) is 4.99. The van der Waals surface area contributed by atoms with Gasteiger partial charge in [0.15, 0.2) is 5.65 Å². The molecule has 4 aromatic rings. The van der Waals surface area contributed by atoms with E-state index in [-0.39, 0.29) is 12.0 Å². The van der Waals surface area contributed by atoms with E-state index in [1.165, 1.54) is 0 Å². The number of nitrogen functional groups attached to an aromatic ring is 1. The van der Waals surface area contributed by atoms with Gasteiger partial charge < -0.3 is 20.7 Å². The molecule has 192 valence electrons. The van der Waals surface area contributed by atoms with Crippen LogP contribution in [-0.2, 0) is 11.3 Å². The maximum atomic E-state index is 11.6. The van der Waals surface area contributed by atoms with E-state index in [1.54, 1.807) is 30.0 Å². The highest BCUT2D eigenvalue weighted by Gasteiger charge is 2.24. The number of rotatable bonds is 7. The average molecular weight is 505 g/mol. The molecule has 1 saturated heterocycles. The topological polar surface area (TPSA) is 169 Å². The first-order valence-electron chi connectivity index (χ1n) is 11.9. The summed E-state index contributed by atoms with van der Waals surface area (Å²) in [5.74, 6) is 0.844. The van der Waals surface area contributed by atoms with Crippen LogP contribution in [-0.4, -0.2) is 66.9 Å². The van der Waals surface area contributed by atoms with Gasteiger partial charge in [-0.15, -0.1) is 0 Å². The summed E-state index contributed by atoms with van der Waals surface area (Å²) in [6.07, 6.45) is 3.28. The Hall–Kier alpha value is -4.36. The second-order valence-electron chi connectivity index (χ2n) is 8.86. The van der Waals surface area contributed by atoms with Crippen molar-refractivity contribution in [3.8, 4) is 11.3 Å². The number of hydrogen-bond donors (Lipinski definition) is 4. The van der Waals surface area contributed by atoms with Crippen LogP contribution in [0.5, 0.6) is 0 Å². The minimum Gasteiger partial charge on any atom is -0.378 e. The van der Waals surface area contributed by atoms with E-state index in [0.717, 1.165) is 5.56 Å². The zero-order valence-electron chi connectivity index (χ0n) is 20.5. The third-order valence-corrected chi connectivity index (χ3v) is 6.05. The minimum absolute atomic E-state index is 0.0473. The molecule has 5 N–H and O–H groups in total. The molecule has 0 aliphatic carbocycles. The van der Waals surface area contributed by atoms with Crippen LogP contribution < -0.4 is 21.4 Å². The number of benzene rings is 1. The molecular formula is C24H28N10O3. The number of ether oxygens (including phenoxy) is 1. The molecule has 0 bridgehead atoms. The molecule has 13 heteroatoms. The molecule has 1 aliphatic heterocycles. The maximum absolute atomic E-state index is 11.6. The number of hydroxylamine groups is 1. The SMILES string of the molecule is CC(C)n1c(NCc2ccc(C(=O)NO)cc2)nc2c(-c3cnc(N)nc3)nc(N3CCOCC3)nc21. The number of amides is 1. The van der Waals surface area contributed by atoms with Crippen LogP contribution in [0.3, 0.4) is 0 Å². The number of fused-ring (bicyclic) bond motifs is 1. The monoisotopic (exact) mass is 504 g/mol. The second kappa shape index (κ2) is 10.3. The Morgan fingerprint density at radius 2 is 1.81 bits per heavy atom. The molecule has 0 atom stereocenters. The fourth-order valence-corrected chi connectivity index (χ4v) is 4.16. The van der Waals surface area contributed by atoms with Gasteiger partial charge >= 0.3 is 0 Å². The van der Waals surface area contributed by atoms with Crippen molar-refractivity contribution in [2.75, 3.05) is 42.3 Å². The van der Waals surface area contributed by atoms with E-state index in [1.807, 2.05) is 16.7 Å². The first-order chi connectivity index (χ1) is 17.9. The van der Waals surface area contributed by atoms with Crippen molar-refractivity contribution >= 4 is 34.9 Å². The fraction of sp³-hybridized carbons (Fsp3) is 0.333. The average Bonchev–Trinajstić information content (AvgIpc) is 3.31. The molecule has 0 saturated carbocycles. The quantitative estimate of drug-likeness (QED) is 0.214. The standard InChI is InChI=1S/C24H28N10O3/c1-14(2)34-20-19(30-23(34)28-11-15-3-5-16(6-4-15)21(35)32-36)18(17-12-26-22(25)27-13-17)29-24(31-20)33-7-9-37-10-8-33/h3-6,12-14,36H,7-11H2,1-2H3,(H,28,30)(H,32,35)(H2,25,26,27). The van der Waals surface area contributed by atoms with Crippen LogP contribution in [0, 0.1) is 0 Å². The molecule has 5 rings (SSSR count). The normalized spacial score (nSPS) is 13.8. The summed E-state index contributed by atoms with van der Waals surface area (Å²) < 4.78 is 7.55. The van der Waals surface area contributed by atoms with Crippen LogP contribution in [0.1, 0.15) is 35.8 Å². The van der Waals surface area contributed by atoms with Crippen molar-refractivity contribution in [2.24, 2.45) is 0 Å². The minimum atomic E-state index is -0.560. The van der Waals surface area contributed by atoms with Gasteiger partial charge in [0, 0.05) is 49.2 Å². The second-order valence-corrected chi connectivity index (χ2v) is 8.86. The number of carbonyl (C=O) groups excluding carboxylic acids is 1. The smallest absolute Gasteiger partial charge is 0.274 e. The Morgan fingerprint density at radius 3 is 2.46 bits per heavy atom. The summed E-state index contributed by atoms with van der Waals surface area (Å²) in [5.41, 5.74) is 11.3. The molecule has 37 heavy (non-hydrogen) atoms. The molecule has 3 aromatic heterocycles. The molecule has 1 amide bonds. The molecule has 1 fully saturated rings. The van der Waals surface area contributed by atoms with Crippen LogP contribution in [0.15, 0.2) is 36.7 Å². The van der Waals surface area contributed by atoms with E-state index in [2.05, 4.69) is 34.0 Å². The Balaban J connectivity index is 1.56. The van der Waals surface area contributed by atoms with Gasteiger partial charge in [-0.05, 0) is 31.5 Å². The number of imidazole rings is 1. The molecule has 0 spiro atoms. The molecular weight excluding hydrogens is 476 g/mol. The van der Waals surface area contributed by atoms with Crippen LogP contribution in [0.25, 0.3) is 22.4 Å². The molecule has 13 nitrogen and oxygen atoms in total. The van der Waals surface area contributed by atoms with Gasteiger partial charge in [0.2, 0.25) is 17.8 Å². The molecule has 0 unspecified atom stereocenters. The molecule has 1 aliphatic rings. The van der Waals surface area contributed by atoms with Crippen LogP contribution in [0.2, 0.25) is 0 Å². The predicted octanol–water partition coefficient (Wildman–Crippen LogP) is 2.01. The Morgan fingerprint density at radius 1 is 1.11 bits per heavy atom. The highest BCUT2D eigenvalue weighted by Crippen LogP contribution is 2.32. The van der Waals surface area contributed by atoms with Gasteiger partial charge in [-0.3, -0.25) is 14.6 Å². The molecule has 0 radical (unpaired) electrons. The van der Waals surface area contributed by atoms with Crippen molar-refractivity contribution in [1.29, 1.82) is 0 Å². The van der Waals surface area contributed by atoms with Gasteiger partial charge in [0.25, 0.3) is 5.91 Å². The number of nitrogens with one attached hydrogen (secondary N) is 2. The van der Waals surface area contributed by atoms with Gasteiger partial charge in [-0.2, -0.15) is 4.98 Å². The zero-order valence-corrected chi connectivity index (χ0v) is 20.5. The lowest BCUT2D eigenvalue weighted by Crippen LogP contribution is -2.37. The van der Waals surface area contributed by atoms with Crippen LogP contribution >= 0.6 is 0 Å². The number of nitrogens with zero attached hydrogens (tertiary/aromatic N) is 7. The Bertz CT molecular complexity index is 1400. The summed E-state index contributed by atoms with van der Waals surface area (Å²) in [4.78, 5) is 36.7. The lowest BCUT2D eigenvalue weighted by Gasteiger charge is -2.27. The largest absolute Gasteiger partial charge is 0.378 e. The van der Waals surface area contributed by atoms with E-state index >= 15 is 0 Å². The molecule has 1 aromatic carbocycles. The fourth-order valence-electron chi connectivity index (χ4n) is 4.16. The number of morpholine rings is 1. The number of aromatic nitrogens is 6. The Kier molecular flexibility index (Phi) is 6.79. The number of carbonyl (C=O) groups is 1. The predicted molar refractivity (Wildman–Crippen MR) is 137 cm³/mol. The van der Waals surface area contributed by atoms with Gasteiger partial charge in [0.1, 0.15) is 11.2 Å².